The van der Waals surface area contributed by atoms with E-state index in [1.807, 2.05) is 0 Å². The summed E-state index contributed by atoms with van der Waals surface area (Å²) in [6.45, 7) is 0. The van der Waals surface area contributed by atoms with Crippen LogP contribution in [0.3, 0.4) is 0 Å². The molecule has 0 saturated carbocycles. The second-order valence-corrected chi connectivity index (χ2v) is 0.848. The van der Waals surface area contributed by atoms with Crippen LogP contribution in [0.5, 0.6) is 0 Å². The van der Waals surface area contributed by atoms with E-state index in [9.17, 15) is 0 Å². The van der Waals surface area contributed by atoms with E-state index in [1.54, 1.807) is 0 Å². The first kappa shape index (κ1) is 22.6. The largest absolute Gasteiger partial charge is 1.00 e. The van der Waals surface area contributed by atoms with Gasteiger partial charge in [-0.25, -0.2) is 0 Å². The van der Waals surface area contributed by atoms with E-state index in [-0.39, 0.29) is 93.0 Å². The smallest absolute Gasteiger partial charge is 1.00 e. The summed E-state index contributed by atoms with van der Waals surface area (Å²) in [6.07, 6.45) is 0. The summed E-state index contributed by atoms with van der Waals surface area (Å²) < 4.78 is 8.74. The molecule has 0 atom stereocenters. The first-order valence-electron chi connectivity index (χ1n) is 0.651. The molecule has 0 aromatic heterocycles. The van der Waals surface area contributed by atoms with Gasteiger partial charge in [-0.05, 0) is 0 Å². The first-order valence-corrected chi connectivity index (χ1v) is 1.95. The molecule has 0 aliphatic carbocycles. The Morgan fingerprint density at radius 1 is 1.14 bits per heavy atom. The average molecular weight is 150 g/mol. The Morgan fingerprint density at radius 3 is 1.14 bits per heavy atom. The summed E-state index contributed by atoms with van der Waals surface area (Å²) in [6, 6.07) is 0. The van der Waals surface area contributed by atoms with Crippen LogP contribution in [-0.4, -0.2) is 18.8 Å². The van der Waals surface area contributed by atoms with Gasteiger partial charge in [0, 0.05) is 0 Å². The van der Waals surface area contributed by atoms with Gasteiger partial charge in [0.05, 0.1) is 0 Å². The molecule has 0 spiro atoms. The molecule has 0 radical (unpaired) electrons. The van der Waals surface area contributed by atoms with E-state index in [2.05, 4.69) is 0 Å². The van der Waals surface area contributed by atoms with Crippen LogP contribution in [0.1, 0.15) is 4.28 Å². The van der Waals surface area contributed by atoms with E-state index in [4.69, 9.17) is 14.1 Å². The maximum absolute atomic E-state index is 8.74. The van der Waals surface area contributed by atoms with Crippen molar-refractivity contribution < 1.29 is 107 Å². The van der Waals surface area contributed by atoms with Crippen molar-refractivity contribution >= 4 is 9.17 Å². The third-order valence-electron chi connectivity index (χ3n) is 0. The molecule has 0 amide bonds. The summed E-state index contributed by atoms with van der Waals surface area (Å²) in [5, 5.41) is 0. The van der Waals surface area contributed by atoms with E-state index in [0.29, 0.717) is 0 Å². The molecule has 0 aliphatic heterocycles. The normalized spacial score (nSPS) is 3.43. The minimum atomic E-state index is -3.13. The molecule has 0 bridgehead atoms. The van der Waals surface area contributed by atoms with E-state index in [1.165, 1.54) is 0 Å². The van der Waals surface area contributed by atoms with Crippen molar-refractivity contribution in [1.82, 2.24) is 0 Å². The zero-order valence-corrected chi connectivity index (χ0v) is 11.8. The maximum Gasteiger partial charge on any atom is 1.00 e. The van der Waals surface area contributed by atoms with Gasteiger partial charge in [0.25, 0.3) is 0 Å². The standard InChI is InChI=1S/3Na.H2O3Si.3H/c;;;1-4(2)3;;;/h;;;1-2H;;;/q3*+1;;3*-1. The van der Waals surface area contributed by atoms with Gasteiger partial charge in [0.15, 0.2) is 0 Å². The fourth-order valence-electron chi connectivity index (χ4n) is 0. The van der Waals surface area contributed by atoms with Crippen LogP contribution in [0.4, 0.5) is 0 Å². The molecule has 0 saturated heterocycles. The molecule has 0 fully saturated rings. The summed E-state index contributed by atoms with van der Waals surface area (Å²) in [7, 11) is -3.13. The van der Waals surface area contributed by atoms with Gasteiger partial charge >= 0.3 is 97.8 Å². The fourth-order valence-corrected chi connectivity index (χ4v) is 0. The molecular formula is H5Na3O3Si. The second kappa shape index (κ2) is 15.8. The third-order valence-corrected chi connectivity index (χ3v) is 0. The van der Waals surface area contributed by atoms with Crippen LogP contribution in [0.2, 0.25) is 0 Å². The minimum Gasteiger partial charge on any atom is -1.00 e. The molecule has 0 aromatic rings. The van der Waals surface area contributed by atoms with Crippen molar-refractivity contribution in [3.8, 4) is 0 Å². The van der Waals surface area contributed by atoms with Gasteiger partial charge in [0.2, 0.25) is 0 Å². The van der Waals surface area contributed by atoms with Crippen molar-refractivity contribution in [3.63, 3.8) is 0 Å². The zero-order valence-electron chi connectivity index (χ0n) is 7.80. The summed E-state index contributed by atoms with van der Waals surface area (Å²) >= 11 is 0. The monoisotopic (exact) mass is 150 g/mol. The topological polar surface area (TPSA) is 57.5 Å². The Bertz CT molecular complexity index is 42.0. The fraction of sp³-hybridized carbons (Fsp3) is 0. The quantitative estimate of drug-likeness (QED) is 0.337. The molecule has 3 nitrogen and oxygen atoms in total. The van der Waals surface area contributed by atoms with Gasteiger partial charge in [-0.2, -0.15) is 0 Å². The number of hydrogen-bond acceptors (Lipinski definition) is 1. The first-order chi connectivity index (χ1) is 1.73. The van der Waals surface area contributed by atoms with E-state index < -0.39 is 9.17 Å². The molecular weight excluding hydrogens is 145 g/mol. The van der Waals surface area contributed by atoms with Crippen molar-refractivity contribution in [2.24, 2.45) is 0 Å². The molecule has 7 heteroatoms. The van der Waals surface area contributed by atoms with E-state index in [0.717, 1.165) is 0 Å². The van der Waals surface area contributed by atoms with Crippen LogP contribution in [0, 0.1) is 0 Å². The SMILES string of the molecule is O=[Si](O)O.[H-].[H-].[H-].[Na+].[Na+].[Na+]. The Morgan fingerprint density at radius 2 is 1.14 bits per heavy atom. The molecule has 2 N–H and O–H groups in total. The van der Waals surface area contributed by atoms with Gasteiger partial charge in [-0.1, -0.05) is 0 Å². The van der Waals surface area contributed by atoms with Crippen LogP contribution in [-0.2, 0) is 4.46 Å². The Kier molecular flexibility index (Phi) is 51.2. The molecule has 0 unspecified atom stereocenters. The molecule has 0 heterocycles. The van der Waals surface area contributed by atoms with Crippen molar-refractivity contribution in [2.45, 2.75) is 0 Å². The molecule has 0 aliphatic rings. The minimum absolute atomic E-state index is 0. The van der Waals surface area contributed by atoms with Gasteiger partial charge in [-0.3, -0.25) is 4.46 Å². The predicted molar refractivity (Wildman–Crippen MR) is 14.2 cm³/mol. The van der Waals surface area contributed by atoms with Gasteiger partial charge < -0.3 is 13.9 Å². The number of hydrogen-bond donors (Lipinski definition) is 2. The van der Waals surface area contributed by atoms with Gasteiger partial charge in [0.1, 0.15) is 0 Å². The Labute approximate surface area is 114 Å². The second-order valence-electron chi connectivity index (χ2n) is 0.283. The average Bonchev–Trinajstić information content (AvgIpc) is 0.811. The molecule has 0 aromatic carbocycles. The summed E-state index contributed by atoms with van der Waals surface area (Å²) in [4.78, 5) is 14.3. The van der Waals surface area contributed by atoms with E-state index >= 15 is 0 Å². The Balaban J connectivity index is -0.00000000300. The van der Waals surface area contributed by atoms with Crippen molar-refractivity contribution in [1.29, 1.82) is 0 Å². The third kappa shape index (κ3) is 55.1. The van der Waals surface area contributed by atoms with Crippen LogP contribution < -0.4 is 88.7 Å². The number of rotatable bonds is 0. The maximum atomic E-state index is 8.74. The zero-order chi connectivity index (χ0) is 3.58. The Hall–Kier alpha value is 2.62. The summed E-state index contributed by atoms with van der Waals surface area (Å²) in [5.74, 6) is 0. The van der Waals surface area contributed by atoms with Crippen molar-refractivity contribution in [2.75, 3.05) is 0 Å². The van der Waals surface area contributed by atoms with Crippen LogP contribution in [0.25, 0.3) is 0 Å². The molecule has 0 rings (SSSR count). The van der Waals surface area contributed by atoms with Crippen molar-refractivity contribution in [3.05, 3.63) is 0 Å². The van der Waals surface area contributed by atoms with Crippen LogP contribution in [0.15, 0.2) is 0 Å². The molecule has 7 heavy (non-hydrogen) atoms. The molecule has 30 valence electrons. The summed E-state index contributed by atoms with van der Waals surface area (Å²) in [5.41, 5.74) is 0. The predicted octanol–water partition coefficient (Wildman–Crippen LogP) is -10.3. The van der Waals surface area contributed by atoms with Crippen LogP contribution >= 0.6 is 0 Å². The van der Waals surface area contributed by atoms with Gasteiger partial charge in [-0.15, -0.1) is 0 Å².